The number of hydrogen-bond acceptors (Lipinski definition) is 2. The maximum Gasteiger partial charge on any atom is 0.156 e. The summed E-state index contributed by atoms with van der Waals surface area (Å²) in [5.74, 6) is 0.428. The number of phenolic OH excluding ortho intramolecular Hbond substituents is 1. The molecular formula is C18H14Cl2O2. The van der Waals surface area contributed by atoms with Gasteiger partial charge in [0.05, 0.1) is 16.7 Å². The van der Waals surface area contributed by atoms with E-state index in [1.54, 1.807) is 0 Å². The number of halogens is 2. The Morgan fingerprint density at radius 3 is 2.36 bits per heavy atom. The van der Waals surface area contributed by atoms with Gasteiger partial charge in [-0.2, -0.15) is 0 Å². The van der Waals surface area contributed by atoms with Crippen LogP contribution in [0.25, 0.3) is 10.8 Å². The minimum Gasteiger partial charge on any atom is -0.508 e. The molecule has 0 saturated heterocycles. The SMILES string of the molecule is Oc1cc(Cl)c(OCCc2cccc3ccccc23)c(Cl)c1. The Morgan fingerprint density at radius 1 is 0.909 bits per heavy atom. The van der Waals surface area contributed by atoms with Gasteiger partial charge in [-0.15, -0.1) is 0 Å². The van der Waals surface area contributed by atoms with Crippen molar-refractivity contribution in [1.82, 2.24) is 0 Å². The molecule has 3 aromatic carbocycles. The third kappa shape index (κ3) is 3.13. The number of hydrogen-bond donors (Lipinski definition) is 1. The lowest BCUT2D eigenvalue weighted by Crippen LogP contribution is -2.02. The molecular weight excluding hydrogens is 319 g/mol. The predicted octanol–water partition coefficient (Wildman–Crippen LogP) is 5.47. The zero-order valence-electron chi connectivity index (χ0n) is 11.7. The predicted molar refractivity (Wildman–Crippen MR) is 91.3 cm³/mol. The van der Waals surface area contributed by atoms with Crippen LogP contribution in [0.5, 0.6) is 11.5 Å². The number of aromatic hydroxyl groups is 1. The minimum atomic E-state index is 0.0244. The standard InChI is InChI=1S/C18H14Cl2O2/c19-16-10-14(21)11-17(20)18(16)22-9-8-13-6-3-5-12-4-1-2-7-15(12)13/h1-7,10-11,21H,8-9H2. The topological polar surface area (TPSA) is 29.5 Å². The number of rotatable bonds is 4. The highest BCUT2D eigenvalue weighted by atomic mass is 35.5. The van der Waals surface area contributed by atoms with Crippen LogP contribution in [0.4, 0.5) is 0 Å². The second kappa shape index (κ2) is 6.47. The Morgan fingerprint density at radius 2 is 1.59 bits per heavy atom. The van der Waals surface area contributed by atoms with Crippen molar-refractivity contribution in [3.05, 3.63) is 70.2 Å². The van der Waals surface area contributed by atoms with Gasteiger partial charge in [-0.3, -0.25) is 0 Å². The Hall–Kier alpha value is -1.90. The van der Waals surface area contributed by atoms with Crippen LogP contribution in [0, 0.1) is 0 Å². The summed E-state index contributed by atoms with van der Waals surface area (Å²) in [6, 6.07) is 17.3. The molecule has 0 aliphatic heterocycles. The fourth-order valence-corrected chi connectivity index (χ4v) is 3.04. The quantitative estimate of drug-likeness (QED) is 0.686. The summed E-state index contributed by atoms with van der Waals surface area (Å²) in [6.45, 7) is 0.457. The van der Waals surface area contributed by atoms with E-state index in [2.05, 4.69) is 24.3 Å². The minimum absolute atomic E-state index is 0.0244. The van der Waals surface area contributed by atoms with Gasteiger partial charge in [0.15, 0.2) is 5.75 Å². The van der Waals surface area contributed by atoms with Crippen molar-refractivity contribution in [2.24, 2.45) is 0 Å². The molecule has 1 N–H and O–H groups in total. The third-order valence-corrected chi connectivity index (χ3v) is 4.04. The van der Waals surface area contributed by atoms with Gasteiger partial charge in [-0.05, 0) is 16.3 Å². The van der Waals surface area contributed by atoms with Crippen LogP contribution in [0.2, 0.25) is 10.0 Å². The molecule has 0 radical (unpaired) electrons. The molecule has 4 heteroatoms. The van der Waals surface area contributed by atoms with Crippen molar-refractivity contribution in [2.45, 2.75) is 6.42 Å². The van der Waals surface area contributed by atoms with E-state index in [9.17, 15) is 5.11 Å². The first kappa shape index (κ1) is 15.0. The molecule has 22 heavy (non-hydrogen) atoms. The van der Waals surface area contributed by atoms with Crippen molar-refractivity contribution in [3.8, 4) is 11.5 Å². The number of phenols is 1. The van der Waals surface area contributed by atoms with E-state index in [0.717, 1.165) is 6.42 Å². The summed E-state index contributed by atoms with van der Waals surface area (Å²) in [7, 11) is 0. The van der Waals surface area contributed by atoms with E-state index >= 15 is 0 Å². The summed E-state index contributed by atoms with van der Waals surface area (Å²) in [6.07, 6.45) is 0.745. The van der Waals surface area contributed by atoms with E-state index in [-0.39, 0.29) is 5.75 Å². The fraction of sp³-hybridized carbons (Fsp3) is 0.111. The average Bonchev–Trinajstić information content (AvgIpc) is 2.50. The van der Waals surface area contributed by atoms with E-state index in [0.29, 0.717) is 22.4 Å². The molecule has 112 valence electrons. The highest BCUT2D eigenvalue weighted by molar-refractivity contribution is 6.37. The Bertz CT molecular complexity index is 787. The van der Waals surface area contributed by atoms with Crippen LogP contribution in [0.3, 0.4) is 0 Å². The molecule has 3 aromatic rings. The van der Waals surface area contributed by atoms with Gasteiger partial charge < -0.3 is 9.84 Å². The first-order valence-electron chi connectivity index (χ1n) is 6.92. The number of ether oxygens (including phenoxy) is 1. The van der Waals surface area contributed by atoms with Crippen LogP contribution < -0.4 is 4.74 Å². The fourth-order valence-electron chi connectivity index (χ4n) is 2.46. The van der Waals surface area contributed by atoms with Crippen LogP contribution >= 0.6 is 23.2 Å². The van der Waals surface area contributed by atoms with Gasteiger partial charge in [0, 0.05) is 18.6 Å². The lowest BCUT2D eigenvalue weighted by atomic mass is 10.0. The zero-order valence-corrected chi connectivity index (χ0v) is 13.2. The Balaban J connectivity index is 1.76. The lowest BCUT2D eigenvalue weighted by Gasteiger charge is -2.11. The first-order valence-corrected chi connectivity index (χ1v) is 7.68. The first-order chi connectivity index (χ1) is 10.6. The molecule has 0 heterocycles. The van der Waals surface area contributed by atoms with Gasteiger partial charge in [0.2, 0.25) is 0 Å². The molecule has 2 nitrogen and oxygen atoms in total. The largest absolute Gasteiger partial charge is 0.508 e. The van der Waals surface area contributed by atoms with Gasteiger partial charge in [-0.1, -0.05) is 65.7 Å². The molecule has 0 amide bonds. The van der Waals surface area contributed by atoms with Crippen molar-refractivity contribution < 1.29 is 9.84 Å². The van der Waals surface area contributed by atoms with E-state index in [1.165, 1.54) is 28.5 Å². The van der Waals surface area contributed by atoms with Crippen molar-refractivity contribution in [2.75, 3.05) is 6.61 Å². The summed E-state index contributed by atoms with van der Waals surface area (Å²) in [5, 5.41) is 12.5. The lowest BCUT2D eigenvalue weighted by molar-refractivity contribution is 0.322. The van der Waals surface area contributed by atoms with E-state index in [4.69, 9.17) is 27.9 Å². The van der Waals surface area contributed by atoms with Gasteiger partial charge in [0.25, 0.3) is 0 Å². The summed E-state index contributed by atoms with van der Waals surface area (Å²) in [4.78, 5) is 0. The maximum atomic E-state index is 9.42. The second-order valence-electron chi connectivity index (χ2n) is 4.98. The number of benzene rings is 3. The highest BCUT2D eigenvalue weighted by Gasteiger charge is 2.10. The van der Waals surface area contributed by atoms with Crippen molar-refractivity contribution in [1.29, 1.82) is 0 Å². The van der Waals surface area contributed by atoms with Gasteiger partial charge in [-0.25, -0.2) is 0 Å². The third-order valence-electron chi connectivity index (χ3n) is 3.48. The number of fused-ring (bicyclic) bond motifs is 1. The van der Waals surface area contributed by atoms with Crippen LogP contribution in [0.15, 0.2) is 54.6 Å². The van der Waals surface area contributed by atoms with E-state index in [1.807, 2.05) is 18.2 Å². The van der Waals surface area contributed by atoms with Crippen molar-refractivity contribution in [3.63, 3.8) is 0 Å². The molecule has 0 aromatic heterocycles. The second-order valence-corrected chi connectivity index (χ2v) is 5.79. The molecule has 0 unspecified atom stereocenters. The molecule has 0 spiro atoms. The van der Waals surface area contributed by atoms with E-state index < -0.39 is 0 Å². The maximum absolute atomic E-state index is 9.42. The summed E-state index contributed by atoms with van der Waals surface area (Å²) in [5.41, 5.74) is 1.21. The average molecular weight is 333 g/mol. The summed E-state index contributed by atoms with van der Waals surface area (Å²) >= 11 is 12.1. The van der Waals surface area contributed by atoms with Crippen LogP contribution in [0.1, 0.15) is 5.56 Å². The Labute approximate surface area is 138 Å². The van der Waals surface area contributed by atoms with Gasteiger partial charge in [0.1, 0.15) is 5.75 Å². The summed E-state index contributed by atoms with van der Waals surface area (Å²) < 4.78 is 5.70. The van der Waals surface area contributed by atoms with Crippen LogP contribution in [-0.2, 0) is 6.42 Å². The van der Waals surface area contributed by atoms with Crippen molar-refractivity contribution >= 4 is 34.0 Å². The van der Waals surface area contributed by atoms with Gasteiger partial charge >= 0.3 is 0 Å². The molecule has 3 rings (SSSR count). The monoisotopic (exact) mass is 332 g/mol. The zero-order chi connectivity index (χ0) is 15.5. The molecule has 0 aliphatic carbocycles. The molecule has 0 bridgehead atoms. The Kier molecular flexibility index (Phi) is 4.41. The highest BCUT2D eigenvalue weighted by Crippen LogP contribution is 2.36. The molecule has 0 atom stereocenters. The van der Waals surface area contributed by atoms with Crippen LogP contribution in [-0.4, -0.2) is 11.7 Å². The smallest absolute Gasteiger partial charge is 0.156 e. The molecule has 0 fully saturated rings. The molecule has 0 aliphatic rings. The molecule has 0 saturated carbocycles. The normalized spacial score (nSPS) is 10.8.